The first-order valence-corrected chi connectivity index (χ1v) is 10.00. The molecule has 3 heterocycles. The van der Waals surface area contributed by atoms with Crippen molar-refractivity contribution in [3.05, 3.63) is 41.3 Å². The van der Waals surface area contributed by atoms with Gasteiger partial charge in [-0.2, -0.15) is 0 Å². The van der Waals surface area contributed by atoms with Crippen LogP contribution in [-0.4, -0.2) is 62.5 Å². The van der Waals surface area contributed by atoms with Crippen LogP contribution in [0.3, 0.4) is 0 Å². The van der Waals surface area contributed by atoms with E-state index >= 15 is 0 Å². The number of hydrogen-bond donors (Lipinski definition) is 2. The first-order valence-electron chi connectivity index (χ1n) is 10.00. The molecule has 3 rings (SSSR count). The molecule has 0 aromatic carbocycles. The number of hydrogen-bond acceptors (Lipinski definition) is 4. The molecule has 0 radical (unpaired) electrons. The number of aryl methyl sites for hydroxylation is 3. The zero-order valence-electron chi connectivity index (χ0n) is 18.2. The highest BCUT2D eigenvalue weighted by molar-refractivity contribution is 5.68. The summed E-state index contributed by atoms with van der Waals surface area (Å²) in [4.78, 5) is 20.2. The van der Waals surface area contributed by atoms with Crippen molar-refractivity contribution < 1.29 is 15.0 Å². The largest absolute Gasteiger partial charge is 0.465 e. The molecular formula is C22H32N4O3. The Morgan fingerprint density at radius 1 is 1.17 bits per heavy atom. The molecule has 1 aliphatic rings. The Bertz CT molecular complexity index is 896. The smallest absolute Gasteiger partial charge is 0.407 e. The summed E-state index contributed by atoms with van der Waals surface area (Å²) in [5.41, 5.74) is 2.98. The Labute approximate surface area is 172 Å². The monoisotopic (exact) mass is 400 g/mol. The van der Waals surface area contributed by atoms with Gasteiger partial charge in [-0.15, -0.1) is 0 Å². The van der Waals surface area contributed by atoms with Crippen molar-refractivity contribution in [1.29, 1.82) is 0 Å². The summed E-state index contributed by atoms with van der Waals surface area (Å²) in [6, 6.07) is 6.21. The van der Waals surface area contributed by atoms with Crippen LogP contribution in [0, 0.1) is 26.2 Å². The van der Waals surface area contributed by atoms with E-state index in [1.54, 1.807) is 0 Å². The number of piperazine rings is 1. The van der Waals surface area contributed by atoms with Crippen LogP contribution in [-0.2, 0) is 0 Å². The third kappa shape index (κ3) is 3.48. The van der Waals surface area contributed by atoms with Gasteiger partial charge in [-0.1, -0.05) is 20.8 Å². The van der Waals surface area contributed by atoms with Crippen LogP contribution < -0.4 is 4.90 Å². The molecule has 2 N–H and O–H groups in total. The van der Waals surface area contributed by atoms with Gasteiger partial charge in [0.1, 0.15) is 5.82 Å². The normalized spacial score (nSPS) is 20.2. The molecule has 1 amide bonds. The Hall–Kier alpha value is -2.54. The minimum atomic E-state index is -0.989. The summed E-state index contributed by atoms with van der Waals surface area (Å²) in [5.74, 6) is 0.875. The van der Waals surface area contributed by atoms with Crippen LogP contribution in [0.5, 0.6) is 0 Å². The quantitative estimate of drug-likeness (QED) is 0.825. The maximum Gasteiger partial charge on any atom is 0.407 e. The van der Waals surface area contributed by atoms with Crippen molar-refractivity contribution >= 4 is 11.8 Å². The van der Waals surface area contributed by atoms with E-state index in [9.17, 15) is 15.0 Å². The lowest BCUT2D eigenvalue weighted by Crippen LogP contribution is -2.71. The number of carbonyl (C=O) groups is 1. The average molecular weight is 401 g/mol. The molecule has 1 saturated heterocycles. The second-order valence-electron chi connectivity index (χ2n) is 9.08. The molecule has 0 saturated carbocycles. The van der Waals surface area contributed by atoms with E-state index in [2.05, 4.69) is 48.4 Å². The van der Waals surface area contributed by atoms with Crippen molar-refractivity contribution in [2.75, 3.05) is 31.1 Å². The van der Waals surface area contributed by atoms with Gasteiger partial charge in [0.15, 0.2) is 0 Å². The van der Waals surface area contributed by atoms with Gasteiger partial charge in [0.25, 0.3) is 0 Å². The second kappa shape index (κ2) is 7.37. The Morgan fingerprint density at radius 2 is 1.79 bits per heavy atom. The summed E-state index contributed by atoms with van der Waals surface area (Å²) in [7, 11) is 0. The molecule has 7 heteroatoms. The number of amides is 1. The molecule has 2 aromatic heterocycles. The number of carboxylic acid groups (broad SMARTS) is 1. The average Bonchev–Trinajstić information content (AvgIpc) is 2.98. The lowest BCUT2D eigenvalue weighted by molar-refractivity contribution is -0.0417. The van der Waals surface area contributed by atoms with Gasteiger partial charge < -0.3 is 19.7 Å². The summed E-state index contributed by atoms with van der Waals surface area (Å²) in [6.45, 7) is 13.2. The fourth-order valence-electron chi connectivity index (χ4n) is 4.43. The van der Waals surface area contributed by atoms with E-state index in [0.29, 0.717) is 19.6 Å². The Balaban J connectivity index is 1.98. The molecule has 7 nitrogen and oxygen atoms in total. The molecule has 1 atom stereocenters. The Morgan fingerprint density at radius 3 is 2.28 bits per heavy atom. The maximum atomic E-state index is 11.9. The summed E-state index contributed by atoms with van der Waals surface area (Å²) < 4.78 is 2.12. The van der Waals surface area contributed by atoms with Gasteiger partial charge in [0, 0.05) is 31.0 Å². The van der Waals surface area contributed by atoms with Crippen LogP contribution in [0.2, 0.25) is 0 Å². The molecule has 0 bridgehead atoms. The molecule has 158 valence electrons. The first kappa shape index (κ1) is 21.2. The van der Waals surface area contributed by atoms with Crippen molar-refractivity contribution in [3.63, 3.8) is 0 Å². The zero-order chi connectivity index (χ0) is 21.6. The van der Waals surface area contributed by atoms with Crippen LogP contribution >= 0.6 is 0 Å². The summed E-state index contributed by atoms with van der Waals surface area (Å²) in [5, 5.41) is 20.1. The number of pyridine rings is 1. The van der Waals surface area contributed by atoms with Gasteiger partial charge in [0.05, 0.1) is 24.0 Å². The van der Waals surface area contributed by atoms with E-state index in [-0.39, 0.29) is 6.61 Å². The number of aromatic nitrogens is 2. The number of anilines is 1. The zero-order valence-corrected chi connectivity index (χ0v) is 18.2. The third-order valence-corrected chi connectivity index (χ3v) is 6.36. The number of rotatable bonds is 3. The van der Waals surface area contributed by atoms with E-state index in [1.807, 2.05) is 27.0 Å². The molecule has 0 aliphatic carbocycles. The molecule has 1 fully saturated rings. The van der Waals surface area contributed by atoms with Gasteiger partial charge in [-0.25, -0.2) is 9.78 Å². The molecule has 1 aliphatic heterocycles. The van der Waals surface area contributed by atoms with Crippen LogP contribution in [0.25, 0.3) is 5.82 Å². The molecule has 2 aromatic rings. The van der Waals surface area contributed by atoms with Gasteiger partial charge in [0.2, 0.25) is 0 Å². The fourth-order valence-corrected chi connectivity index (χ4v) is 4.43. The lowest BCUT2D eigenvalue weighted by Gasteiger charge is -2.55. The molecule has 0 spiro atoms. The second-order valence-corrected chi connectivity index (χ2v) is 9.08. The van der Waals surface area contributed by atoms with E-state index < -0.39 is 17.0 Å². The topological polar surface area (TPSA) is 81.8 Å². The number of nitrogens with zero attached hydrogens (tertiary/aromatic N) is 4. The molecule has 0 unspecified atom stereocenters. The first-order chi connectivity index (χ1) is 13.5. The number of aliphatic hydroxyl groups excluding tert-OH is 1. The van der Waals surface area contributed by atoms with E-state index in [1.165, 1.54) is 4.90 Å². The van der Waals surface area contributed by atoms with Crippen LogP contribution in [0.1, 0.15) is 37.7 Å². The summed E-state index contributed by atoms with van der Waals surface area (Å²) in [6.07, 6.45) is 0.877. The number of aliphatic hydroxyl groups is 1. The van der Waals surface area contributed by atoms with Crippen molar-refractivity contribution in [1.82, 2.24) is 14.5 Å². The Kier molecular flexibility index (Phi) is 5.38. The predicted octanol–water partition coefficient (Wildman–Crippen LogP) is 3.37. The minimum absolute atomic E-state index is 0.231. The highest BCUT2D eigenvalue weighted by atomic mass is 16.4. The molecule has 29 heavy (non-hydrogen) atoms. The minimum Gasteiger partial charge on any atom is -0.465 e. The maximum absolute atomic E-state index is 11.9. The van der Waals surface area contributed by atoms with Gasteiger partial charge in [-0.05, 0) is 49.9 Å². The molecular weight excluding hydrogens is 368 g/mol. The van der Waals surface area contributed by atoms with E-state index in [4.69, 9.17) is 4.98 Å². The van der Waals surface area contributed by atoms with Crippen LogP contribution in [0.15, 0.2) is 24.4 Å². The summed E-state index contributed by atoms with van der Waals surface area (Å²) >= 11 is 0. The van der Waals surface area contributed by atoms with Crippen molar-refractivity contribution in [2.24, 2.45) is 5.41 Å². The van der Waals surface area contributed by atoms with Crippen molar-refractivity contribution in [3.8, 4) is 5.82 Å². The standard InChI is InChI=1S/C22H32N4O3/c1-15-11-19(26-16(2)7-8-17(26)3)23-12-18(15)24-9-10-25(20(28)29)22(13-24,14-27)21(4,5)6/h7-8,11-12,27H,9-10,13-14H2,1-6H3,(H,28,29)/t22-/m1/s1. The highest BCUT2D eigenvalue weighted by Crippen LogP contribution is 2.40. The fraction of sp³-hybridized carbons (Fsp3) is 0.545. The van der Waals surface area contributed by atoms with Crippen molar-refractivity contribution in [2.45, 2.75) is 47.1 Å². The highest BCUT2D eigenvalue weighted by Gasteiger charge is 2.52. The van der Waals surface area contributed by atoms with Crippen LogP contribution in [0.4, 0.5) is 10.5 Å². The predicted molar refractivity (Wildman–Crippen MR) is 114 cm³/mol. The lowest BCUT2D eigenvalue weighted by atomic mass is 9.71. The third-order valence-electron chi connectivity index (χ3n) is 6.36. The van der Waals surface area contributed by atoms with E-state index in [0.717, 1.165) is 28.5 Å². The SMILES string of the molecule is Cc1cc(-n2c(C)ccc2C)ncc1N1CCN(C(=O)O)[C@](CO)(C(C)(C)C)C1. The van der Waals surface area contributed by atoms with Gasteiger partial charge in [-0.3, -0.25) is 4.90 Å². The van der Waals surface area contributed by atoms with Gasteiger partial charge >= 0.3 is 6.09 Å².